The van der Waals surface area contributed by atoms with Gasteiger partial charge in [0, 0.05) is 49.1 Å². The minimum atomic E-state index is -4.27. The van der Waals surface area contributed by atoms with E-state index in [-0.39, 0.29) is 12.1 Å². The van der Waals surface area contributed by atoms with Gasteiger partial charge in [0.05, 0.1) is 5.56 Å². The van der Waals surface area contributed by atoms with Crippen LogP contribution in [-0.4, -0.2) is 34.3 Å². The molecule has 8 heteroatoms. The van der Waals surface area contributed by atoms with Crippen LogP contribution in [0.15, 0.2) is 48.7 Å². The molecule has 164 valence electrons. The number of carbonyl (C=O) groups excluding carboxylic acids is 1. The molecule has 1 heterocycles. The molecule has 0 saturated heterocycles. The Labute approximate surface area is 177 Å². The molecule has 1 amide bonds. The van der Waals surface area contributed by atoms with Gasteiger partial charge >= 0.3 is 12.1 Å². The highest BCUT2D eigenvalue weighted by Crippen LogP contribution is 2.26. The van der Waals surface area contributed by atoms with Crippen LogP contribution in [0.5, 0.6) is 0 Å². The minimum Gasteiger partial charge on any atom is -0.478 e. The van der Waals surface area contributed by atoms with Gasteiger partial charge in [-0.3, -0.25) is 4.79 Å². The maximum absolute atomic E-state index is 12.5. The van der Waals surface area contributed by atoms with Gasteiger partial charge in [-0.2, -0.15) is 13.2 Å². The number of fused-ring (bicyclic) bond motifs is 1. The molecule has 3 aromatic rings. The molecule has 1 unspecified atom stereocenters. The van der Waals surface area contributed by atoms with Gasteiger partial charge in [0.1, 0.15) is 0 Å². The third-order valence-corrected chi connectivity index (χ3v) is 5.15. The van der Waals surface area contributed by atoms with Crippen molar-refractivity contribution in [3.05, 3.63) is 70.9 Å². The van der Waals surface area contributed by atoms with Gasteiger partial charge in [-0.25, -0.2) is 4.79 Å². The third-order valence-electron chi connectivity index (χ3n) is 5.15. The van der Waals surface area contributed by atoms with Gasteiger partial charge in [-0.1, -0.05) is 25.1 Å². The van der Waals surface area contributed by atoms with Gasteiger partial charge in [0.25, 0.3) is 5.91 Å². The monoisotopic (exact) mass is 432 g/mol. The lowest BCUT2D eigenvalue weighted by Crippen LogP contribution is -2.30. The summed E-state index contributed by atoms with van der Waals surface area (Å²) in [5.74, 6) is -2.19. The van der Waals surface area contributed by atoms with Crippen molar-refractivity contribution < 1.29 is 27.9 Å². The van der Waals surface area contributed by atoms with Crippen LogP contribution in [0.3, 0.4) is 0 Å². The van der Waals surface area contributed by atoms with E-state index in [1.165, 1.54) is 6.92 Å². The number of alkyl halides is 3. The Morgan fingerprint density at radius 1 is 1.13 bits per heavy atom. The Hall–Kier alpha value is -3.29. The number of aromatic nitrogens is 1. The van der Waals surface area contributed by atoms with Crippen molar-refractivity contribution in [3.8, 4) is 0 Å². The average molecular weight is 432 g/mol. The van der Waals surface area contributed by atoms with E-state index in [0.717, 1.165) is 16.5 Å². The highest BCUT2D eigenvalue weighted by molar-refractivity contribution is 5.99. The summed E-state index contributed by atoms with van der Waals surface area (Å²) in [7, 11) is 1.85. The zero-order valence-electron chi connectivity index (χ0n) is 17.2. The maximum atomic E-state index is 12.5. The van der Waals surface area contributed by atoms with Crippen molar-refractivity contribution in [2.45, 2.75) is 25.9 Å². The molecule has 5 nitrogen and oxygen atoms in total. The Bertz CT molecular complexity index is 1120. The largest absolute Gasteiger partial charge is 0.478 e. The summed E-state index contributed by atoms with van der Waals surface area (Å²) in [4.78, 5) is 24.0. The first-order valence-corrected chi connectivity index (χ1v) is 9.79. The van der Waals surface area contributed by atoms with Gasteiger partial charge in [-0.05, 0) is 41.3 Å². The van der Waals surface area contributed by atoms with Crippen molar-refractivity contribution in [3.63, 3.8) is 0 Å². The highest BCUT2D eigenvalue weighted by atomic mass is 19.4. The molecule has 0 fully saturated rings. The standard InChI is InChI=1S/C23H23F3N2O3/c1-14(11-23(24,25)26)12-27-21(29)16-7-8-20-19(10-16)17(13-28(20)2)9-15-5-3-4-6-18(15)22(30)31/h3-8,10,13-14H,9,11-12H2,1-2H3,(H,27,29)(H,30,31). The molecule has 31 heavy (non-hydrogen) atoms. The third kappa shape index (κ3) is 5.45. The number of carbonyl (C=O) groups is 2. The van der Waals surface area contributed by atoms with Crippen LogP contribution in [0.4, 0.5) is 13.2 Å². The van der Waals surface area contributed by atoms with E-state index in [1.807, 2.05) is 17.8 Å². The molecule has 3 rings (SSSR count). The van der Waals surface area contributed by atoms with Crippen molar-refractivity contribution in [2.24, 2.45) is 13.0 Å². The predicted molar refractivity (Wildman–Crippen MR) is 111 cm³/mol. The molecule has 0 aliphatic heterocycles. The van der Waals surface area contributed by atoms with E-state index in [2.05, 4.69) is 5.32 Å². The van der Waals surface area contributed by atoms with Crippen molar-refractivity contribution in [1.29, 1.82) is 0 Å². The van der Waals surface area contributed by atoms with Gasteiger partial charge in [-0.15, -0.1) is 0 Å². The first-order chi connectivity index (χ1) is 14.5. The molecule has 1 aromatic heterocycles. The van der Waals surface area contributed by atoms with Crippen LogP contribution in [-0.2, 0) is 13.5 Å². The van der Waals surface area contributed by atoms with Gasteiger partial charge in [0.2, 0.25) is 0 Å². The molecule has 0 bridgehead atoms. The van der Waals surface area contributed by atoms with E-state index in [9.17, 15) is 27.9 Å². The van der Waals surface area contributed by atoms with Crippen LogP contribution < -0.4 is 5.32 Å². The molecule has 0 aliphatic rings. The number of halogens is 3. The van der Waals surface area contributed by atoms with Crippen molar-refractivity contribution in [2.75, 3.05) is 6.54 Å². The lowest BCUT2D eigenvalue weighted by atomic mass is 9.98. The number of rotatable bonds is 7. The lowest BCUT2D eigenvalue weighted by molar-refractivity contribution is -0.142. The fourth-order valence-electron chi connectivity index (χ4n) is 3.68. The summed E-state index contributed by atoms with van der Waals surface area (Å²) < 4.78 is 39.3. The summed E-state index contributed by atoms with van der Waals surface area (Å²) >= 11 is 0. The smallest absolute Gasteiger partial charge is 0.389 e. The van der Waals surface area contributed by atoms with Crippen LogP contribution in [0.25, 0.3) is 10.9 Å². The molecule has 1 atom stereocenters. The van der Waals surface area contributed by atoms with Crippen LogP contribution in [0.2, 0.25) is 0 Å². The predicted octanol–water partition coefficient (Wildman–Crippen LogP) is 4.79. The first kappa shape index (κ1) is 22.4. The number of carboxylic acids is 1. The van der Waals surface area contributed by atoms with Crippen molar-refractivity contribution in [1.82, 2.24) is 9.88 Å². The number of carboxylic acid groups (broad SMARTS) is 1. The van der Waals surface area contributed by atoms with E-state index in [0.29, 0.717) is 17.5 Å². The molecule has 0 saturated carbocycles. The number of hydrogen-bond acceptors (Lipinski definition) is 2. The number of nitrogens with zero attached hydrogens (tertiary/aromatic N) is 1. The average Bonchev–Trinajstić information content (AvgIpc) is 3.00. The number of aryl methyl sites for hydroxylation is 1. The zero-order valence-corrected chi connectivity index (χ0v) is 17.2. The molecule has 2 aromatic carbocycles. The molecular weight excluding hydrogens is 409 g/mol. The lowest BCUT2D eigenvalue weighted by Gasteiger charge is -2.14. The quantitative estimate of drug-likeness (QED) is 0.564. The summed E-state index contributed by atoms with van der Waals surface area (Å²) in [6.45, 7) is 1.36. The minimum absolute atomic E-state index is 0.0794. The molecular formula is C23H23F3N2O3. The second-order valence-corrected chi connectivity index (χ2v) is 7.77. The Balaban J connectivity index is 1.84. The van der Waals surface area contributed by atoms with Gasteiger partial charge < -0.3 is 15.0 Å². The molecule has 0 spiro atoms. The molecule has 0 aliphatic carbocycles. The summed E-state index contributed by atoms with van der Waals surface area (Å²) in [6, 6.07) is 11.8. The maximum Gasteiger partial charge on any atom is 0.389 e. The van der Waals surface area contributed by atoms with Crippen molar-refractivity contribution >= 4 is 22.8 Å². The van der Waals surface area contributed by atoms with Crippen LogP contribution >= 0.6 is 0 Å². The van der Waals surface area contributed by atoms with Crippen LogP contribution in [0, 0.1) is 5.92 Å². The SMILES string of the molecule is CC(CNC(=O)c1ccc2c(c1)c(Cc1ccccc1C(=O)O)cn2C)CC(F)(F)F. The van der Waals surface area contributed by atoms with E-state index in [4.69, 9.17) is 0 Å². The summed E-state index contributed by atoms with van der Waals surface area (Å²) in [5, 5.41) is 12.8. The van der Waals surface area contributed by atoms with Gasteiger partial charge in [0.15, 0.2) is 0 Å². The second kappa shape index (κ2) is 8.83. The van der Waals surface area contributed by atoms with E-state index in [1.54, 1.807) is 42.5 Å². The number of hydrogen-bond donors (Lipinski definition) is 2. The van der Waals surface area contributed by atoms with E-state index < -0.39 is 30.4 Å². The zero-order chi connectivity index (χ0) is 22.8. The topological polar surface area (TPSA) is 71.3 Å². The summed E-state index contributed by atoms with van der Waals surface area (Å²) in [5.41, 5.74) is 2.92. The highest BCUT2D eigenvalue weighted by Gasteiger charge is 2.30. The fraction of sp³-hybridized carbons (Fsp3) is 0.304. The fourth-order valence-corrected chi connectivity index (χ4v) is 3.68. The summed E-state index contributed by atoms with van der Waals surface area (Å²) in [6.07, 6.45) is -2.98. The second-order valence-electron chi connectivity index (χ2n) is 7.77. The molecule has 2 N–H and O–H groups in total. The first-order valence-electron chi connectivity index (χ1n) is 9.79. The van der Waals surface area contributed by atoms with Crippen LogP contribution in [0.1, 0.15) is 45.2 Å². The normalized spacial score (nSPS) is 12.7. The molecule has 0 radical (unpaired) electrons. The number of amides is 1. The number of nitrogens with one attached hydrogen (secondary N) is 1. The van der Waals surface area contributed by atoms with E-state index >= 15 is 0 Å². The Morgan fingerprint density at radius 3 is 2.52 bits per heavy atom. The number of benzene rings is 2. The number of aromatic carboxylic acids is 1. The Morgan fingerprint density at radius 2 is 1.84 bits per heavy atom. The Kier molecular flexibility index (Phi) is 6.38.